The summed E-state index contributed by atoms with van der Waals surface area (Å²) in [5, 5.41) is 0. The van der Waals surface area contributed by atoms with Gasteiger partial charge in [-0.25, -0.2) is 0 Å². The Morgan fingerprint density at radius 3 is 2.32 bits per heavy atom. The minimum Gasteiger partial charge on any atom is -0.468 e. The van der Waals surface area contributed by atoms with E-state index in [0.29, 0.717) is 6.54 Å². The van der Waals surface area contributed by atoms with Gasteiger partial charge in [0.05, 0.1) is 7.11 Å². The fourth-order valence-corrected chi connectivity index (χ4v) is 2.56. The van der Waals surface area contributed by atoms with Crippen molar-refractivity contribution < 1.29 is 14.3 Å². The topological polar surface area (TPSA) is 46.6 Å². The molecule has 0 saturated heterocycles. The second kappa shape index (κ2) is 5.87. The summed E-state index contributed by atoms with van der Waals surface area (Å²) in [5.41, 5.74) is 2.49. The van der Waals surface area contributed by atoms with Gasteiger partial charge in [0.2, 0.25) is 5.91 Å². The first-order chi connectivity index (χ1) is 9.15. The molecule has 0 saturated carbocycles. The SMILES string of the molecule is CCN(CC(=O)OC)C(=O)C1Cc2ccccc2C1. The molecule has 102 valence electrons. The van der Waals surface area contributed by atoms with Gasteiger partial charge < -0.3 is 9.64 Å². The van der Waals surface area contributed by atoms with Crippen molar-refractivity contribution in [3.63, 3.8) is 0 Å². The predicted molar refractivity (Wildman–Crippen MR) is 71.6 cm³/mol. The third-order valence-electron chi connectivity index (χ3n) is 3.64. The van der Waals surface area contributed by atoms with Gasteiger partial charge in [-0.3, -0.25) is 9.59 Å². The highest BCUT2D eigenvalue weighted by atomic mass is 16.5. The van der Waals surface area contributed by atoms with Gasteiger partial charge in [0.15, 0.2) is 0 Å². The molecular formula is C15H19NO3. The van der Waals surface area contributed by atoms with E-state index in [2.05, 4.69) is 16.9 Å². The highest BCUT2D eigenvalue weighted by Crippen LogP contribution is 2.27. The molecule has 4 nitrogen and oxygen atoms in total. The van der Waals surface area contributed by atoms with Gasteiger partial charge in [0, 0.05) is 12.5 Å². The molecule has 1 aromatic rings. The van der Waals surface area contributed by atoms with Crippen molar-refractivity contribution in [1.29, 1.82) is 0 Å². The summed E-state index contributed by atoms with van der Waals surface area (Å²) in [5.74, 6) is -0.364. The summed E-state index contributed by atoms with van der Waals surface area (Å²) in [6, 6.07) is 8.13. The second-order valence-electron chi connectivity index (χ2n) is 4.80. The van der Waals surface area contributed by atoms with Crippen LogP contribution in [0.25, 0.3) is 0 Å². The number of amides is 1. The summed E-state index contributed by atoms with van der Waals surface area (Å²) in [7, 11) is 1.34. The van der Waals surface area contributed by atoms with Crippen LogP contribution in [-0.4, -0.2) is 37.0 Å². The van der Waals surface area contributed by atoms with E-state index in [1.807, 2.05) is 19.1 Å². The lowest BCUT2D eigenvalue weighted by molar-refractivity contribution is -0.148. The van der Waals surface area contributed by atoms with Crippen LogP contribution in [0.2, 0.25) is 0 Å². The summed E-state index contributed by atoms with van der Waals surface area (Å²) >= 11 is 0. The van der Waals surface area contributed by atoms with Crippen molar-refractivity contribution in [2.24, 2.45) is 5.92 Å². The largest absolute Gasteiger partial charge is 0.468 e. The Hall–Kier alpha value is -1.84. The third-order valence-corrected chi connectivity index (χ3v) is 3.64. The van der Waals surface area contributed by atoms with Crippen LogP contribution in [-0.2, 0) is 27.2 Å². The highest BCUT2D eigenvalue weighted by Gasteiger charge is 2.30. The Balaban J connectivity index is 2.03. The summed E-state index contributed by atoms with van der Waals surface area (Å²) < 4.78 is 4.62. The van der Waals surface area contributed by atoms with Crippen molar-refractivity contribution in [2.75, 3.05) is 20.2 Å². The first-order valence-electron chi connectivity index (χ1n) is 6.58. The highest BCUT2D eigenvalue weighted by molar-refractivity contribution is 5.84. The van der Waals surface area contributed by atoms with E-state index >= 15 is 0 Å². The molecule has 1 aliphatic rings. The number of hydrogen-bond donors (Lipinski definition) is 0. The van der Waals surface area contributed by atoms with E-state index in [1.54, 1.807) is 4.90 Å². The van der Waals surface area contributed by atoms with Gasteiger partial charge in [0.1, 0.15) is 6.54 Å². The Bertz CT molecular complexity index is 459. The molecular weight excluding hydrogens is 242 g/mol. The summed E-state index contributed by atoms with van der Waals surface area (Å²) in [6.45, 7) is 2.45. The monoisotopic (exact) mass is 261 g/mol. The number of carbonyl (C=O) groups is 2. The lowest BCUT2D eigenvalue weighted by Gasteiger charge is -2.22. The standard InChI is InChI=1S/C15H19NO3/c1-3-16(10-14(17)19-2)15(18)13-8-11-6-4-5-7-12(11)9-13/h4-7,13H,3,8-10H2,1-2H3. The Kier molecular flexibility index (Phi) is 4.20. The molecule has 1 amide bonds. The summed E-state index contributed by atoms with van der Waals surface area (Å²) in [4.78, 5) is 25.3. The fraction of sp³-hybridized carbons (Fsp3) is 0.467. The van der Waals surface area contributed by atoms with Gasteiger partial charge in [0.25, 0.3) is 0 Å². The van der Waals surface area contributed by atoms with Crippen molar-refractivity contribution in [1.82, 2.24) is 4.90 Å². The molecule has 0 unspecified atom stereocenters. The number of esters is 1. The first-order valence-corrected chi connectivity index (χ1v) is 6.58. The Morgan fingerprint density at radius 1 is 1.26 bits per heavy atom. The van der Waals surface area contributed by atoms with Crippen molar-refractivity contribution >= 4 is 11.9 Å². The number of nitrogens with zero attached hydrogens (tertiary/aromatic N) is 1. The molecule has 0 heterocycles. The molecule has 1 aliphatic carbocycles. The fourth-order valence-electron chi connectivity index (χ4n) is 2.56. The van der Waals surface area contributed by atoms with Crippen molar-refractivity contribution in [2.45, 2.75) is 19.8 Å². The van der Waals surface area contributed by atoms with Crippen molar-refractivity contribution in [3.05, 3.63) is 35.4 Å². The average Bonchev–Trinajstić information content (AvgIpc) is 2.87. The Morgan fingerprint density at radius 2 is 1.84 bits per heavy atom. The number of benzene rings is 1. The molecule has 0 bridgehead atoms. The maximum atomic E-state index is 12.4. The minimum absolute atomic E-state index is 0.0398. The van der Waals surface area contributed by atoms with Crippen LogP contribution in [0, 0.1) is 5.92 Å². The zero-order valence-corrected chi connectivity index (χ0v) is 11.4. The van der Waals surface area contributed by atoms with E-state index in [0.717, 1.165) is 12.8 Å². The van der Waals surface area contributed by atoms with E-state index in [-0.39, 0.29) is 24.3 Å². The molecule has 0 N–H and O–H groups in total. The van der Waals surface area contributed by atoms with Gasteiger partial charge in [-0.2, -0.15) is 0 Å². The molecule has 0 aromatic heterocycles. The number of rotatable bonds is 4. The normalized spacial score (nSPS) is 14.0. The second-order valence-corrected chi connectivity index (χ2v) is 4.80. The van der Waals surface area contributed by atoms with Crippen molar-refractivity contribution in [3.8, 4) is 0 Å². The van der Waals surface area contributed by atoms with Gasteiger partial charge >= 0.3 is 5.97 Å². The van der Waals surface area contributed by atoms with Crippen LogP contribution in [0.3, 0.4) is 0 Å². The zero-order valence-electron chi connectivity index (χ0n) is 11.4. The number of likely N-dealkylation sites (N-methyl/N-ethyl adjacent to an activating group) is 1. The number of carbonyl (C=O) groups excluding carboxylic acids is 2. The molecule has 0 fully saturated rings. The lowest BCUT2D eigenvalue weighted by atomic mass is 10.0. The molecule has 1 aromatic carbocycles. The van der Waals surface area contributed by atoms with Crippen LogP contribution in [0.4, 0.5) is 0 Å². The van der Waals surface area contributed by atoms with E-state index in [9.17, 15) is 9.59 Å². The smallest absolute Gasteiger partial charge is 0.325 e. The molecule has 0 aliphatic heterocycles. The third kappa shape index (κ3) is 2.95. The number of methoxy groups -OCH3 is 1. The average molecular weight is 261 g/mol. The zero-order chi connectivity index (χ0) is 13.8. The Labute approximate surface area is 113 Å². The van der Waals surface area contributed by atoms with E-state index in [1.165, 1.54) is 18.2 Å². The maximum Gasteiger partial charge on any atom is 0.325 e. The van der Waals surface area contributed by atoms with E-state index < -0.39 is 0 Å². The minimum atomic E-state index is -0.370. The van der Waals surface area contributed by atoms with Crippen LogP contribution >= 0.6 is 0 Å². The quantitative estimate of drug-likeness (QED) is 0.770. The number of ether oxygens (including phenoxy) is 1. The van der Waals surface area contributed by atoms with Crippen LogP contribution in [0.5, 0.6) is 0 Å². The predicted octanol–water partition coefficient (Wildman–Crippen LogP) is 1.42. The lowest BCUT2D eigenvalue weighted by Crippen LogP contribution is -2.40. The van der Waals surface area contributed by atoms with E-state index in [4.69, 9.17) is 0 Å². The number of fused-ring (bicyclic) bond motifs is 1. The molecule has 4 heteroatoms. The number of hydrogen-bond acceptors (Lipinski definition) is 3. The van der Waals surface area contributed by atoms with Crippen LogP contribution < -0.4 is 0 Å². The van der Waals surface area contributed by atoms with Gasteiger partial charge in [-0.1, -0.05) is 24.3 Å². The van der Waals surface area contributed by atoms with Gasteiger partial charge in [-0.05, 0) is 30.9 Å². The molecule has 19 heavy (non-hydrogen) atoms. The van der Waals surface area contributed by atoms with Gasteiger partial charge in [-0.15, -0.1) is 0 Å². The molecule has 0 radical (unpaired) electrons. The molecule has 0 spiro atoms. The summed E-state index contributed by atoms with van der Waals surface area (Å²) in [6.07, 6.45) is 1.54. The van der Waals surface area contributed by atoms with Crippen LogP contribution in [0.1, 0.15) is 18.1 Å². The molecule has 0 atom stereocenters. The first kappa shape index (κ1) is 13.6. The maximum absolute atomic E-state index is 12.4. The van der Waals surface area contributed by atoms with Crippen LogP contribution in [0.15, 0.2) is 24.3 Å². The molecule has 2 rings (SSSR count).